The topological polar surface area (TPSA) is 133 Å². The predicted octanol–water partition coefficient (Wildman–Crippen LogP) is 2.77. The molecule has 36 heavy (non-hydrogen) atoms. The number of nitrogens with one attached hydrogen (secondary N) is 1. The van der Waals surface area contributed by atoms with Crippen molar-refractivity contribution in [3.05, 3.63) is 48.0 Å². The van der Waals surface area contributed by atoms with Gasteiger partial charge in [-0.25, -0.2) is 17.9 Å². The molecule has 0 aliphatic carbocycles. The third-order valence-electron chi connectivity index (χ3n) is 5.64. The molecule has 11 heteroatoms. The van der Waals surface area contributed by atoms with E-state index in [-0.39, 0.29) is 6.42 Å². The van der Waals surface area contributed by atoms with Gasteiger partial charge in [0.2, 0.25) is 15.7 Å². The standard InChI is InChI=1S/C25H33N5O5S/c1-6-7-15-20(23(32)35-25(2,3)4)26-22(31)21(36(33,34)24-27-28-29-30(24)5)16-18-13-10-12-17-11-8-9-14-19(17)18/h8-14,20-21H,6-7,15-16H2,1-5H3,(H,26,31)/t20-,21-/m0/s1. The molecule has 1 N–H and O–H groups in total. The highest BCUT2D eigenvalue weighted by Gasteiger charge is 2.40. The van der Waals surface area contributed by atoms with Crippen LogP contribution in [0.15, 0.2) is 47.6 Å². The van der Waals surface area contributed by atoms with Crippen molar-refractivity contribution in [1.29, 1.82) is 0 Å². The zero-order valence-corrected chi connectivity index (χ0v) is 22.1. The molecule has 0 bridgehead atoms. The van der Waals surface area contributed by atoms with E-state index in [4.69, 9.17) is 4.74 Å². The molecule has 0 saturated carbocycles. The van der Waals surface area contributed by atoms with Gasteiger partial charge in [0, 0.05) is 7.05 Å². The summed E-state index contributed by atoms with van der Waals surface area (Å²) in [4.78, 5) is 26.5. The Morgan fingerprint density at radius 1 is 1.11 bits per heavy atom. The van der Waals surface area contributed by atoms with Crippen LogP contribution in [-0.4, -0.2) is 57.4 Å². The summed E-state index contributed by atoms with van der Waals surface area (Å²) in [6.45, 7) is 7.16. The molecule has 194 valence electrons. The molecule has 1 heterocycles. The minimum absolute atomic E-state index is 0.128. The largest absolute Gasteiger partial charge is 0.458 e. The van der Waals surface area contributed by atoms with Crippen molar-refractivity contribution in [2.24, 2.45) is 7.05 Å². The zero-order chi connectivity index (χ0) is 26.5. The SMILES string of the molecule is CCCC[C@H](NC(=O)[C@H](Cc1cccc2ccccc12)S(=O)(=O)c1nnnn1C)C(=O)OC(C)(C)C. The minimum atomic E-state index is -4.32. The van der Waals surface area contributed by atoms with Gasteiger partial charge in [-0.2, -0.15) is 0 Å². The van der Waals surface area contributed by atoms with Crippen LogP contribution in [0, 0.1) is 0 Å². The summed E-state index contributed by atoms with van der Waals surface area (Å²) in [7, 11) is -2.93. The quantitative estimate of drug-likeness (QED) is 0.408. The van der Waals surface area contributed by atoms with Crippen LogP contribution in [0.3, 0.4) is 0 Å². The lowest BCUT2D eigenvalue weighted by atomic mass is 10.0. The molecule has 0 aliphatic heterocycles. The van der Waals surface area contributed by atoms with E-state index in [0.29, 0.717) is 18.4 Å². The molecular formula is C25H33N5O5S. The lowest BCUT2D eigenvalue weighted by Crippen LogP contribution is -2.50. The van der Waals surface area contributed by atoms with Crippen molar-refractivity contribution in [3.8, 4) is 0 Å². The number of benzene rings is 2. The Hall–Kier alpha value is -3.34. The number of carbonyl (C=O) groups excluding carboxylic acids is 2. The van der Waals surface area contributed by atoms with E-state index < -0.39 is 43.8 Å². The molecule has 3 rings (SSSR count). The number of amides is 1. The van der Waals surface area contributed by atoms with E-state index >= 15 is 0 Å². The second-order valence-corrected chi connectivity index (χ2v) is 11.7. The number of aromatic nitrogens is 4. The second kappa shape index (κ2) is 11.2. The van der Waals surface area contributed by atoms with Gasteiger partial charge in [0.25, 0.3) is 5.16 Å². The molecular weight excluding hydrogens is 482 g/mol. The molecule has 3 aromatic rings. The number of tetrazole rings is 1. The molecule has 0 radical (unpaired) electrons. The number of fused-ring (bicyclic) bond motifs is 1. The molecule has 0 saturated heterocycles. The predicted molar refractivity (Wildman–Crippen MR) is 135 cm³/mol. The summed E-state index contributed by atoms with van der Waals surface area (Å²) in [6, 6.07) is 12.1. The van der Waals surface area contributed by atoms with Crippen LogP contribution in [0.4, 0.5) is 0 Å². The van der Waals surface area contributed by atoms with Crippen molar-refractivity contribution in [2.75, 3.05) is 0 Å². The fraction of sp³-hybridized carbons (Fsp3) is 0.480. The Morgan fingerprint density at radius 3 is 2.44 bits per heavy atom. The van der Waals surface area contributed by atoms with Gasteiger partial charge in [0.1, 0.15) is 11.6 Å². The van der Waals surface area contributed by atoms with Crippen molar-refractivity contribution >= 4 is 32.5 Å². The first-order valence-corrected chi connectivity index (χ1v) is 13.4. The molecule has 1 amide bonds. The third-order valence-corrected chi connectivity index (χ3v) is 7.63. The number of rotatable bonds is 10. The van der Waals surface area contributed by atoms with Crippen LogP contribution in [0.5, 0.6) is 0 Å². The van der Waals surface area contributed by atoms with Gasteiger partial charge < -0.3 is 10.1 Å². The Morgan fingerprint density at radius 2 is 1.81 bits per heavy atom. The lowest BCUT2D eigenvalue weighted by molar-refractivity contribution is -0.158. The van der Waals surface area contributed by atoms with Crippen molar-refractivity contribution in [2.45, 2.75) is 75.4 Å². The number of esters is 1. The van der Waals surface area contributed by atoms with E-state index in [1.165, 1.54) is 7.05 Å². The third kappa shape index (κ3) is 6.45. The number of hydrogen-bond donors (Lipinski definition) is 1. The van der Waals surface area contributed by atoms with E-state index in [1.807, 2.05) is 43.3 Å². The molecule has 0 spiro atoms. The molecule has 2 atom stereocenters. The van der Waals surface area contributed by atoms with E-state index in [9.17, 15) is 18.0 Å². The van der Waals surface area contributed by atoms with Gasteiger partial charge in [-0.1, -0.05) is 67.3 Å². The second-order valence-electron chi connectivity index (χ2n) is 9.70. The fourth-order valence-electron chi connectivity index (χ4n) is 3.90. The smallest absolute Gasteiger partial charge is 0.329 e. The van der Waals surface area contributed by atoms with Gasteiger partial charge in [0.15, 0.2) is 5.25 Å². The minimum Gasteiger partial charge on any atom is -0.458 e. The Kier molecular flexibility index (Phi) is 8.44. The first kappa shape index (κ1) is 27.3. The number of nitrogens with zero attached hydrogens (tertiary/aromatic N) is 4. The molecule has 1 aromatic heterocycles. The van der Waals surface area contributed by atoms with E-state index in [1.54, 1.807) is 26.8 Å². The number of aryl methyl sites for hydroxylation is 1. The van der Waals surface area contributed by atoms with Crippen molar-refractivity contribution in [3.63, 3.8) is 0 Å². The number of unbranched alkanes of at least 4 members (excludes halogenated alkanes) is 1. The Labute approximate surface area is 211 Å². The molecule has 0 unspecified atom stereocenters. The molecule has 10 nitrogen and oxygen atoms in total. The van der Waals surface area contributed by atoms with Crippen molar-refractivity contribution < 1.29 is 22.7 Å². The highest BCUT2D eigenvalue weighted by atomic mass is 32.2. The Bertz CT molecular complexity index is 1320. The number of ether oxygens (including phenoxy) is 1. The maximum Gasteiger partial charge on any atom is 0.329 e. The maximum atomic E-state index is 13.7. The Balaban J connectivity index is 2.01. The van der Waals surface area contributed by atoms with Crippen LogP contribution in [0.2, 0.25) is 0 Å². The summed E-state index contributed by atoms with van der Waals surface area (Å²) in [5.41, 5.74) is -0.0836. The van der Waals surface area contributed by atoms with Crippen LogP contribution in [-0.2, 0) is 37.6 Å². The van der Waals surface area contributed by atoms with Gasteiger partial charge >= 0.3 is 5.97 Å². The number of carbonyl (C=O) groups is 2. The zero-order valence-electron chi connectivity index (χ0n) is 21.3. The highest BCUT2D eigenvalue weighted by Crippen LogP contribution is 2.24. The van der Waals surface area contributed by atoms with Crippen LogP contribution in [0.25, 0.3) is 10.8 Å². The monoisotopic (exact) mass is 515 g/mol. The van der Waals surface area contributed by atoms with E-state index in [0.717, 1.165) is 21.9 Å². The fourth-order valence-corrected chi connectivity index (χ4v) is 5.46. The van der Waals surface area contributed by atoms with Crippen LogP contribution in [0.1, 0.15) is 52.5 Å². The van der Waals surface area contributed by atoms with Gasteiger partial charge in [-0.3, -0.25) is 4.79 Å². The summed E-state index contributed by atoms with van der Waals surface area (Å²) in [6.07, 6.45) is 1.64. The highest BCUT2D eigenvalue weighted by molar-refractivity contribution is 7.92. The maximum absolute atomic E-state index is 13.7. The summed E-state index contributed by atoms with van der Waals surface area (Å²) < 4.78 is 33.8. The average molecular weight is 516 g/mol. The summed E-state index contributed by atoms with van der Waals surface area (Å²) in [5, 5.41) is 13.1. The molecule has 2 aromatic carbocycles. The van der Waals surface area contributed by atoms with Crippen molar-refractivity contribution in [1.82, 2.24) is 25.5 Å². The number of hydrogen-bond acceptors (Lipinski definition) is 8. The normalized spacial score (nSPS) is 13.8. The van der Waals surface area contributed by atoms with Crippen LogP contribution >= 0.6 is 0 Å². The first-order chi connectivity index (χ1) is 16.9. The molecule has 0 aliphatic rings. The van der Waals surface area contributed by atoms with Gasteiger partial charge in [-0.05, 0) is 60.4 Å². The average Bonchev–Trinajstić information content (AvgIpc) is 3.25. The first-order valence-electron chi connectivity index (χ1n) is 11.9. The van der Waals surface area contributed by atoms with Crippen LogP contribution < -0.4 is 5.32 Å². The molecule has 0 fully saturated rings. The summed E-state index contributed by atoms with van der Waals surface area (Å²) >= 11 is 0. The summed E-state index contributed by atoms with van der Waals surface area (Å²) in [5.74, 6) is -1.41. The van der Waals surface area contributed by atoms with Gasteiger partial charge in [-0.15, -0.1) is 0 Å². The van der Waals surface area contributed by atoms with E-state index in [2.05, 4.69) is 20.8 Å². The number of sulfone groups is 1. The van der Waals surface area contributed by atoms with Gasteiger partial charge in [0.05, 0.1) is 0 Å². The lowest BCUT2D eigenvalue weighted by Gasteiger charge is -2.26.